The molecule has 2 N–H and O–H groups in total. The summed E-state index contributed by atoms with van der Waals surface area (Å²) in [7, 11) is -1.20. The van der Waals surface area contributed by atoms with Crippen LogP contribution in [0.3, 0.4) is 0 Å². The largest absolute Gasteiger partial charge is 0.354 e. The number of sulfone groups is 1. The van der Waals surface area contributed by atoms with Crippen molar-refractivity contribution in [1.29, 1.82) is 0 Å². The van der Waals surface area contributed by atoms with E-state index in [0.29, 0.717) is 18.9 Å². The van der Waals surface area contributed by atoms with Crippen molar-refractivity contribution in [3.05, 3.63) is 34.9 Å². The molecule has 2 unspecified atom stereocenters. The van der Waals surface area contributed by atoms with Crippen LogP contribution in [-0.2, 0) is 9.84 Å². The Morgan fingerprint density at radius 1 is 1.38 bits per heavy atom. The fourth-order valence-electron chi connectivity index (χ4n) is 3.72. The molecule has 0 bridgehead atoms. The molecule has 2 fully saturated rings. The lowest BCUT2D eigenvalue weighted by Gasteiger charge is -2.29. The first-order valence-corrected chi connectivity index (χ1v) is 11.3. The molecule has 0 spiro atoms. The van der Waals surface area contributed by atoms with Crippen LogP contribution in [0.1, 0.15) is 30.9 Å². The van der Waals surface area contributed by atoms with E-state index in [0.717, 1.165) is 18.1 Å². The smallest absolute Gasteiger partial charge is 0.191 e. The molecule has 1 aromatic rings. The van der Waals surface area contributed by atoms with Crippen molar-refractivity contribution < 1.29 is 8.42 Å². The van der Waals surface area contributed by atoms with Gasteiger partial charge in [0.25, 0.3) is 0 Å². The lowest BCUT2D eigenvalue weighted by atomic mass is 10.1. The fourth-order valence-corrected chi connectivity index (χ4v) is 5.59. The minimum absolute atomic E-state index is 0.0670. The summed E-state index contributed by atoms with van der Waals surface area (Å²) in [4.78, 5) is 6.73. The Morgan fingerprint density at radius 3 is 2.77 bits per heavy atom. The van der Waals surface area contributed by atoms with E-state index in [9.17, 15) is 8.42 Å². The van der Waals surface area contributed by atoms with Gasteiger partial charge in [0.15, 0.2) is 15.8 Å². The van der Waals surface area contributed by atoms with Gasteiger partial charge in [-0.3, -0.25) is 9.89 Å². The van der Waals surface area contributed by atoms with Crippen molar-refractivity contribution in [2.24, 2.45) is 4.99 Å². The van der Waals surface area contributed by atoms with E-state index in [1.54, 1.807) is 7.05 Å². The molecule has 2 aliphatic rings. The van der Waals surface area contributed by atoms with Crippen LogP contribution < -0.4 is 10.6 Å². The number of aliphatic imine (C=N–C) groups is 1. The van der Waals surface area contributed by atoms with E-state index in [2.05, 4.69) is 26.6 Å². The highest BCUT2D eigenvalue weighted by atomic mass is 35.5. The van der Waals surface area contributed by atoms with Crippen molar-refractivity contribution in [3.63, 3.8) is 0 Å². The molecule has 2 atom stereocenters. The van der Waals surface area contributed by atoms with Gasteiger partial charge in [-0.05, 0) is 50.0 Å². The Kier molecular flexibility index (Phi) is 6.42. The Hall–Kier alpha value is -1.31. The van der Waals surface area contributed by atoms with Crippen molar-refractivity contribution in [3.8, 4) is 0 Å². The van der Waals surface area contributed by atoms with Crippen molar-refractivity contribution >= 4 is 27.4 Å². The normalized spacial score (nSPS) is 24.5. The molecule has 0 saturated carbocycles. The third-order valence-electron chi connectivity index (χ3n) is 5.07. The summed E-state index contributed by atoms with van der Waals surface area (Å²) in [5, 5.41) is 7.36. The van der Waals surface area contributed by atoms with Gasteiger partial charge >= 0.3 is 0 Å². The maximum Gasteiger partial charge on any atom is 0.191 e. The number of guanidine groups is 1. The molecule has 0 aliphatic carbocycles. The second-order valence-electron chi connectivity index (χ2n) is 7.01. The Labute approximate surface area is 160 Å². The second kappa shape index (κ2) is 8.59. The number of benzene rings is 1. The van der Waals surface area contributed by atoms with Crippen LogP contribution in [0.2, 0.25) is 5.02 Å². The minimum Gasteiger partial charge on any atom is -0.354 e. The van der Waals surface area contributed by atoms with Crippen molar-refractivity contribution in [2.75, 3.05) is 38.2 Å². The van der Waals surface area contributed by atoms with Crippen molar-refractivity contribution in [1.82, 2.24) is 15.5 Å². The van der Waals surface area contributed by atoms with Crippen LogP contribution in [0, 0.1) is 0 Å². The van der Waals surface area contributed by atoms with E-state index in [1.165, 1.54) is 18.4 Å². The first-order valence-electron chi connectivity index (χ1n) is 9.14. The third kappa shape index (κ3) is 5.11. The number of hydrogen-bond acceptors (Lipinski definition) is 4. The SMILES string of the molecule is CN=C(NCC(c1cccc(Cl)c1)N1CCCC1)NC1CCS(=O)(=O)C1. The summed E-state index contributed by atoms with van der Waals surface area (Å²) in [6.45, 7) is 2.84. The van der Waals surface area contributed by atoms with E-state index < -0.39 is 9.84 Å². The Balaban J connectivity index is 1.64. The Bertz CT molecular complexity index is 747. The number of hydrogen-bond donors (Lipinski definition) is 2. The van der Waals surface area contributed by atoms with Crippen LogP contribution in [0.4, 0.5) is 0 Å². The van der Waals surface area contributed by atoms with Gasteiger partial charge in [0.2, 0.25) is 0 Å². The molecule has 8 heteroatoms. The molecule has 3 rings (SSSR count). The molecule has 2 aliphatic heterocycles. The highest BCUT2D eigenvalue weighted by Crippen LogP contribution is 2.26. The number of nitrogens with zero attached hydrogens (tertiary/aromatic N) is 2. The zero-order chi connectivity index (χ0) is 18.6. The minimum atomic E-state index is -2.91. The highest BCUT2D eigenvalue weighted by molar-refractivity contribution is 7.91. The summed E-state index contributed by atoms with van der Waals surface area (Å²) >= 11 is 6.19. The summed E-state index contributed by atoms with van der Waals surface area (Å²) in [5.74, 6) is 1.08. The second-order valence-corrected chi connectivity index (χ2v) is 9.68. The summed E-state index contributed by atoms with van der Waals surface area (Å²) < 4.78 is 23.3. The van der Waals surface area contributed by atoms with Crippen LogP contribution in [0.15, 0.2) is 29.3 Å². The van der Waals surface area contributed by atoms with Crippen molar-refractivity contribution in [2.45, 2.75) is 31.3 Å². The first-order chi connectivity index (χ1) is 12.5. The van der Waals surface area contributed by atoms with E-state index >= 15 is 0 Å². The van der Waals surface area contributed by atoms with Crippen LogP contribution in [0.5, 0.6) is 0 Å². The monoisotopic (exact) mass is 398 g/mol. The zero-order valence-electron chi connectivity index (χ0n) is 15.1. The fraction of sp³-hybridized carbons (Fsp3) is 0.611. The zero-order valence-corrected chi connectivity index (χ0v) is 16.7. The summed E-state index contributed by atoms with van der Waals surface area (Å²) in [5.41, 5.74) is 1.19. The quantitative estimate of drug-likeness (QED) is 0.584. The molecule has 26 heavy (non-hydrogen) atoms. The van der Waals surface area contributed by atoms with Gasteiger partial charge in [-0.1, -0.05) is 23.7 Å². The molecule has 2 saturated heterocycles. The van der Waals surface area contributed by atoms with Gasteiger partial charge in [-0.25, -0.2) is 8.42 Å². The molecule has 1 aromatic carbocycles. The maximum atomic E-state index is 11.6. The Morgan fingerprint density at radius 2 is 2.15 bits per heavy atom. The van der Waals surface area contributed by atoms with E-state index in [-0.39, 0.29) is 23.6 Å². The van der Waals surface area contributed by atoms with Crippen LogP contribution in [-0.4, -0.2) is 63.5 Å². The molecule has 2 heterocycles. The molecule has 144 valence electrons. The van der Waals surface area contributed by atoms with Gasteiger partial charge < -0.3 is 10.6 Å². The number of likely N-dealkylation sites (tertiary alicyclic amines) is 1. The third-order valence-corrected chi connectivity index (χ3v) is 7.08. The average molecular weight is 399 g/mol. The number of nitrogens with one attached hydrogen (secondary N) is 2. The molecule has 0 amide bonds. The van der Waals surface area contributed by atoms with Crippen LogP contribution in [0.25, 0.3) is 0 Å². The molecule has 6 nitrogen and oxygen atoms in total. The van der Waals surface area contributed by atoms with E-state index in [1.807, 2.05) is 18.2 Å². The van der Waals surface area contributed by atoms with Gasteiger partial charge in [-0.15, -0.1) is 0 Å². The van der Waals surface area contributed by atoms with E-state index in [4.69, 9.17) is 11.6 Å². The number of halogens is 1. The lowest BCUT2D eigenvalue weighted by molar-refractivity contribution is 0.245. The summed E-state index contributed by atoms with van der Waals surface area (Å²) in [6, 6.07) is 8.14. The highest BCUT2D eigenvalue weighted by Gasteiger charge is 2.29. The first kappa shape index (κ1) is 19.5. The average Bonchev–Trinajstić information content (AvgIpc) is 3.24. The maximum absolute atomic E-state index is 11.6. The molecule has 0 aromatic heterocycles. The van der Waals surface area contributed by atoms with Gasteiger partial charge in [0.05, 0.1) is 17.5 Å². The topological polar surface area (TPSA) is 73.8 Å². The van der Waals surface area contributed by atoms with Crippen LogP contribution >= 0.6 is 11.6 Å². The lowest BCUT2D eigenvalue weighted by Crippen LogP contribution is -2.46. The molecular formula is C18H27ClN4O2S. The predicted octanol–water partition coefficient (Wildman–Crippen LogP) is 1.83. The number of rotatable bonds is 5. The van der Waals surface area contributed by atoms with Gasteiger partial charge in [-0.2, -0.15) is 0 Å². The summed E-state index contributed by atoms with van der Waals surface area (Å²) in [6.07, 6.45) is 3.06. The molecule has 0 radical (unpaired) electrons. The predicted molar refractivity (Wildman–Crippen MR) is 107 cm³/mol. The van der Waals surface area contributed by atoms with Gasteiger partial charge in [0.1, 0.15) is 0 Å². The van der Waals surface area contributed by atoms with Gasteiger partial charge in [0, 0.05) is 24.7 Å². The standard InChI is InChI=1S/C18H27ClN4O2S/c1-20-18(22-16-7-10-26(24,25)13-16)21-12-17(23-8-2-3-9-23)14-5-4-6-15(19)11-14/h4-6,11,16-17H,2-3,7-10,12-13H2,1H3,(H2,20,21,22). The molecular weight excluding hydrogens is 372 g/mol.